The summed E-state index contributed by atoms with van der Waals surface area (Å²) in [6, 6.07) is 23.4. The molecule has 2 aromatic carbocycles. The van der Waals surface area contributed by atoms with Crippen molar-refractivity contribution in [3.63, 3.8) is 0 Å². The second kappa shape index (κ2) is 19.4. The maximum Gasteiger partial charge on any atom is 0 e. The van der Waals surface area contributed by atoms with Crippen molar-refractivity contribution in [1.29, 1.82) is 0 Å². The summed E-state index contributed by atoms with van der Waals surface area (Å²) < 4.78 is 1.43. The van der Waals surface area contributed by atoms with Crippen molar-refractivity contribution in [2.45, 2.75) is 109 Å². The molecular weight excluding hydrogens is 802 g/mol. The van der Waals surface area contributed by atoms with E-state index >= 15 is 0 Å². The number of pyridine rings is 2. The summed E-state index contributed by atoms with van der Waals surface area (Å²) >= 11 is 3.36. The molecule has 10 heteroatoms. The van der Waals surface area contributed by atoms with Crippen LogP contribution < -0.4 is 0 Å². The average Bonchev–Trinajstić information content (AvgIpc) is 3.47. The number of rotatable bonds is 2. The number of aryl methyl sites for hydroxylation is 2. The molecule has 3 aromatic heterocycles. The molecule has 3 heterocycles. The van der Waals surface area contributed by atoms with Crippen LogP contribution in [0.4, 0.5) is 0 Å². The zero-order valence-corrected chi connectivity index (χ0v) is 37.2. The fourth-order valence-corrected chi connectivity index (χ4v) is 7.76. The summed E-state index contributed by atoms with van der Waals surface area (Å²) in [5.41, 5.74) is 9.02. The first-order valence-corrected chi connectivity index (χ1v) is 27.6. The van der Waals surface area contributed by atoms with Crippen molar-refractivity contribution in [1.82, 2.24) is 9.97 Å². The number of fused-ring (bicyclic) bond motifs is 3. The third kappa shape index (κ3) is 13.3. The van der Waals surface area contributed by atoms with Crippen molar-refractivity contribution in [2.75, 3.05) is 0 Å². The van der Waals surface area contributed by atoms with E-state index in [1.54, 1.807) is 16.9 Å². The van der Waals surface area contributed by atoms with E-state index in [4.69, 9.17) is 37.2 Å². The second-order valence-electron chi connectivity index (χ2n) is 15.1. The molecule has 0 atom stereocenters. The Balaban J connectivity index is 0.000000220. The Labute approximate surface area is 341 Å². The first-order valence-electron chi connectivity index (χ1n) is 17.8. The van der Waals surface area contributed by atoms with E-state index in [0.717, 1.165) is 41.1 Å². The standard InChI is InChI=1S/C21H23NS.C15H17NS.C6H9O.4ClH.Ti.H2/c1-21(2,3)14-11-12-22-18(13-14)17-9-6-8-16-15-7-4-5-10-19(15)23-20(16)17;1-15(2,3)11-8-9-16-13(10-11)12-6-4-5-7-14(12)17;7-6-4-2-1-3-5-6;;;;;;/h6,8-9,11-13H,4-5,7,10H2,1-3H3;4-10,17H,1-3H3;4H,1-3,5H2;4*1H;;1H/q;;+1;;;;;+4;/p-4. The molecule has 3 nitrogen and oxygen atoms in total. The maximum absolute atomic E-state index is 10.4. The quantitative estimate of drug-likeness (QED) is 0.109. The van der Waals surface area contributed by atoms with Gasteiger partial charge in [0, 0.05) is 39.4 Å². The molecule has 0 N–H and O–H groups in total. The van der Waals surface area contributed by atoms with E-state index in [0.29, 0.717) is 5.78 Å². The Hall–Kier alpha value is -1.54. The summed E-state index contributed by atoms with van der Waals surface area (Å²) in [5, 5.41) is 1.46. The Morgan fingerprint density at radius 1 is 0.731 bits per heavy atom. The molecule has 5 aromatic rings. The fourth-order valence-electron chi connectivity index (χ4n) is 6.07. The molecule has 52 heavy (non-hydrogen) atoms. The van der Waals surface area contributed by atoms with E-state index in [-0.39, 0.29) is 12.3 Å². The number of halogens is 4. The normalized spacial score (nSPS) is 14.4. The van der Waals surface area contributed by atoms with Crippen molar-refractivity contribution < 1.29 is 18.6 Å². The number of hydrogen-bond donors (Lipinski definition) is 1. The van der Waals surface area contributed by atoms with Gasteiger partial charge < -0.3 is 0 Å². The van der Waals surface area contributed by atoms with Crippen molar-refractivity contribution in [3.8, 4) is 22.5 Å². The molecule has 1 fully saturated rings. The zero-order chi connectivity index (χ0) is 38.1. The smallest absolute Gasteiger partial charge is 0 e. The predicted octanol–water partition coefficient (Wildman–Crippen LogP) is 14.8. The maximum atomic E-state index is 10.4. The van der Waals surface area contributed by atoms with Crippen molar-refractivity contribution >= 4 is 77.1 Å². The van der Waals surface area contributed by atoms with E-state index in [1.165, 1.54) is 58.9 Å². The number of aromatic nitrogens is 2. The van der Waals surface area contributed by atoms with Crippen LogP contribution in [0.2, 0.25) is 0 Å². The first-order chi connectivity index (χ1) is 24.4. The molecule has 0 aliphatic heterocycles. The number of ketones is 1. The molecule has 1 saturated carbocycles. The third-order valence-corrected chi connectivity index (χ3v) is 10.7. The molecule has 0 radical (unpaired) electrons. The van der Waals surface area contributed by atoms with Crippen LogP contribution in [0.3, 0.4) is 0 Å². The zero-order valence-electron chi connectivity index (χ0n) is 30.9. The monoisotopic (exact) mass is 851 g/mol. The van der Waals surface area contributed by atoms with Gasteiger partial charge in [0.25, 0.3) is 0 Å². The Kier molecular flexibility index (Phi) is 16.1. The van der Waals surface area contributed by atoms with Gasteiger partial charge in [0.05, 0.1) is 24.2 Å². The third-order valence-electron chi connectivity index (χ3n) is 8.94. The minimum atomic E-state index is -3.11. The fraction of sp³-hybridized carbons (Fsp3) is 0.381. The number of thiophene rings is 1. The molecule has 0 unspecified atom stereocenters. The SMILES string of the molecule is CC(C)(C)c1ccnc(-c2cccc3c4c(sc23)CCCC4)c1.CC(C)(C)c1ccnc(-c2ccccc2S)c1.O=C1[CH+]CCCC1.[Cl][Ti]([Cl])([Cl])[Cl].[HH]. The predicted molar refractivity (Wildman–Crippen MR) is 229 cm³/mol. The summed E-state index contributed by atoms with van der Waals surface area (Å²) in [4.78, 5) is 22.1. The number of thiol groups is 1. The van der Waals surface area contributed by atoms with Crippen LogP contribution in [0.1, 0.15) is 103 Å². The Morgan fingerprint density at radius 3 is 1.79 bits per heavy atom. The van der Waals surface area contributed by atoms with Crippen LogP contribution in [0, 0.1) is 6.42 Å². The van der Waals surface area contributed by atoms with Gasteiger partial charge in [-0.15, -0.1) is 24.0 Å². The van der Waals surface area contributed by atoms with E-state index < -0.39 is 12.3 Å². The van der Waals surface area contributed by atoms with Crippen LogP contribution in [0.5, 0.6) is 0 Å². The molecule has 0 saturated heterocycles. The van der Waals surface area contributed by atoms with Gasteiger partial charge in [0.15, 0.2) is 0 Å². The molecular formula is C42H51Cl4N2OS2Ti+. The molecule has 278 valence electrons. The van der Waals surface area contributed by atoms with E-state index in [2.05, 4.69) is 113 Å². The van der Waals surface area contributed by atoms with E-state index in [1.807, 2.05) is 41.9 Å². The number of benzene rings is 2. The first kappa shape index (κ1) is 43.2. The van der Waals surface area contributed by atoms with Gasteiger partial charge >= 0.3 is 55.3 Å². The minimum Gasteiger partial charge on any atom is 0 e. The number of carbonyl (C=O) groups excluding carboxylic acids is 1. The van der Waals surface area contributed by atoms with Crippen molar-refractivity contribution in [2.24, 2.45) is 0 Å². The largest absolute Gasteiger partial charge is 0 e. The molecule has 2 aliphatic rings. The van der Waals surface area contributed by atoms with Crippen LogP contribution in [-0.4, -0.2) is 15.8 Å². The number of hydrogen-bond acceptors (Lipinski definition) is 5. The van der Waals surface area contributed by atoms with Gasteiger partial charge in [-0.1, -0.05) is 77.9 Å². The van der Waals surface area contributed by atoms with Crippen LogP contribution in [0.25, 0.3) is 32.6 Å². The Morgan fingerprint density at radius 2 is 1.27 bits per heavy atom. The van der Waals surface area contributed by atoms with Crippen LogP contribution >= 0.6 is 61.2 Å². The molecule has 7 rings (SSSR count). The summed E-state index contributed by atoms with van der Waals surface area (Å²) in [6.45, 7) is 13.4. The van der Waals surface area contributed by atoms with Gasteiger partial charge in [-0.05, 0) is 102 Å². The molecule has 0 bridgehead atoms. The number of Topliss-reactive ketones (excluding diaryl/α,β-unsaturated/α-hetero) is 1. The average molecular weight is 854 g/mol. The van der Waals surface area contributed by atoms with Crippen molar-refractivity contribution in [3.05, 3.63) is 107 Å². The second-order valence-corrected chi connectivity index (χ2v) is 32.2. The van der Waals surface area contributed by atoms with Crippen LogP contribution in [0.15, 0.2) is 84.0 Å². The van der Waals surface area contributed by atoms with Crippen LogP contribution in [-0.2, 0) is 40.8 Å². The van der Waals surface area contributed by atoms with E-state index in [9.17, 15) is 4.79 Å². The van der Waals surface area contributed by atoms with Gasteiger partial charge in [-0.3, -0.25) is 9.97 Å². The summed E-state index contributed by atoms with van der Waals surface area (Å²) in [7, 11) is 20.1. The number of carbonyl (C=O) groups is 1. The topological polar surface area (TPSA) is 42.9 Å². The van der Waals surface area contributed by atoms with Gasteiger partial charge in [0.1, 0.15) is 6.42 Å². The Bertz CT molecular complexity index is 1940. The molecule has 2 aliphatic carbocycles. The summed E-state index contributed by atoms with van der Waals surface area (Å²) in [6.07, 6.45) is 14.9. The van der Waals surface area contributed by atoms with Gasteiger partial charge in [-0.25, -0.2) is 4.79 Å². The minimum absolute atomic E-state index is 0. The molecule has 0 amide bonds. The summed E-state index contributed by atoms with van der Waals surface area (Å²) in [5.74, 6) is 0.339. The van der Waals surface area contributed by atoms with Gasteiger partial charge in [-0.2, -0.15) is 0 Å². The molecule has 0 spiro atoms. The number of nitrogens with zero attached hydrogens (tertiary/aromatic N) is 2. The van der Waals surface area contributed by atoms with Gasteiger partial charge in [0.2, 0.25) is 0 Å².